The highest BCUT2D eigenvalue weighted by Crippen LogP contribution is 2.52. The third-order valence-corrected chi connectivity index (χ3v) is 14.2. The Morgan fingerprint density at radius 2 is 0.947 bits per heavy atom. The third kappa shape index (κ3) is 4.28. The van der Waals surface area contributed by atoms with E-state index in [1.807, 2.05) is 11.3 Å². The minimum absolute atomic E-state index is 0.0545. The van der Waals surface area contributed by atoms with Gasteiger partial charge in [0.15, 0.2) is 0 Å². The first kappa shape index (κ1) is 31.5. The molecule has 0 atom stereocenters. The lowest BCUT2D eigenvalue weighted by atomic mass is 9.82. The molecule has 0 fully saturated rings. The summed E-state index contributed by atoms with van der Waals surface area (Å²) < 4.78 is 9.15. The average Bonchev–Trinajstić information content (AvgIpc) is 3.90. The van der Waals surface area contributed by atoms with Crippen molar-refractivity contribution in [2.75, 3.05) is 0 Å². The van der Waals surface area contributed by atoms with E-state index in [9.17, 15) is 0 Å². The second-order valence-corrected chi connectivity index (χ2v) is 17.5. The number of thiophene rings is 1. The molecule has 2 heterocycles. The monoisotopic (exact) mass is 742 g/mol. The van der Waals surface area contributed by atoms with Gasteiger partial charge < -0.3 is 4.42 Å². The van der Waals surface area contributed by atoms with Gasteiger partial charge in [-0.1, -0.05) is 135 Å². The second-order valence-electron chi connectivity index (χ2n) is 16.4. The Balaban J connectivity index is 0.980. The van der Waals surface area contributed by atoms with Crippen LogP contribution in [0.25, 0.3) is 119 Å². The highest BCUT2D eigenvalue weighted by molar-refractivity contribution is 7.26. The molecule has 1 aliphatic rings. The molecule has 0 aliphatic heterocycles. The van der Waals surface area contributed by atoms with Crippen LogP contribution in [0.4, 0.5) is 0 Å². The summed E-state index contributed by atoms with van der Waals surface area (Å²) in [6, 6.07) is 63.3. The summed E-state index contributed by atoms with van der Waals surface area (Å²) in [4.78, 5) is 0. The van der Waals surface area contributed by atoms with Gasteiger partial charge in [0.1, 0.15) is 11.2 Å². The van der Waals surface area contributed by atoms with Gasteiger partial charge in [0.2, 0.25) is 0 Å². The molecule has 0 amide bonds. The fourth-order valence-corrected chi connectivity index (χ4v) is 11.4. The minimum Gasteiger partial charge on any atom is -0.456 e. The van der Waals surface area contributed by atoms with Crippen molar-refractivity contribution in [2.45, 2.75) is 19.3 Å². The van der Waals surface area contributed by atoms with Crippen LogP contribution >= 0.6 is 11.3 Å². The Kier molecular flexibility index (Phi) is 6.18. The zero-order valence-electron chi connectivity index (χ0n) is 31.5. The summed E-state index contributed by atoms with van der Waals surface area (Å²) >= 11 is 1.89. The molecule has 0 saturated heterocycles. The van der Waals surface area contributed by atoms with E-state index in [1.165, 1.54) is 108 Å². The van der Waals surface area contributed by atoms with E-state index in [4.69, 9.17) is 4.42 Å². The van der Waals surface area contributed by atoms with Gasteiger partial charge in [0.25, 0.3) is 0 Å². The fourth-order valence-electron chi connectivity index (χ4n) is 10.3. The van der Waals surface area contributed by atoms with Crippen molar-refractivity contribution in [1.29, 1.82) is 0 Å². The molecule has 2 aromatic heterocycles. The molecule has 12 aromatic rings. The second kappa shape index (κ2) is 11.2. The Labute approximate surface area is 333 Å². The van der Waals surface area contributed by atoms with E-state index in [0.29, 0.717) is 0 Å². The van der Waals surface area contributed by atoms with Crippen molar-refractivity contribution >= 4 is 96.5 Å². The molecule has 13 rings (SSSR count). The van der Waals surface area contributed by atoms with Crippen LogP contribution in [0.5, 0.6) is 0 Å². The van der Waals surface area contributed by atoms with E-state index in [2.05, 4.69) is 184 Å². The van der Waals surface area contributed by atoms with Crippen molar-refractivity contribution in [1.82, 2.24) is 0 Å². The lowest BCUT2D eigenvalue weighted by molar-refractivity contribution is 0.661. The Bertz CT molecular complexity index is 3720. The lowest BCUT2D eigenvalue weighted by Crippen LogP contribution is -2.14. The van der Waals surface area contributed by atoms with Gasteiger partial charge in [-0.15, -0.1) is 11.3 Å². The molecule has 1 aliphatic carbocycles. The molecule has 266 valence electrons. The molecule has 1 nitrogen and oxygen atoms in total. The number of benzene rings is 10. The SMILES string of the molecule is CC1(C)c2ccc(-c3ccc4oc5ccc(-c6ccc7c(c6)c6ccccc6c6ccc8sc9ccccc9c8c67)cc5c4c3)cc2-c2c1ccc1ccccc21. The largest absolute Gasteiger partial charge is 0.456 e. The number of furan rings is 1. The topological polar surface area (TPSA) is 13.1 Å². The average molecular weight is 743 g/mol. The molecule has 2 heteroatoms. The highest BCUT2D eigenvalue weighted by atomic mass is 32.1. The maximum absolute atomic E-state index is 6.48. The molecule has 57 heavy (non-hydrogen) atoms. The van der Waals surface area contributed by atoms with E-state index >= 15 is 0 Å². The van der Waals surface area contributed by atoms with Crippen LogP contribution in [0.1, 0.15) is 25.0 Å². The molecule has 0 N–H and O–H groups in total. The highest BCUT2D eigenvalue weighted by Gasteiger charge is 2.36. The fraction of sp³-hybridized carbons (Fsp3) is 0.0545. The lowest BCUT2D eigenvalue weighted by Gasteiger charge is -2.21. The smallest absolute Gasteiger partial charge is 0.135 e. The Morgan fingerprint density at radius 1 is 0.386 bits per heavy atom. The molecule has 10 aromatic carbocycles. The molecular formula is C55H34OS. The van der Waals surface area contributed by atoms with Gasteiger partial charge in [0, 0.05) is 36.4 Å². The van der Waals surface area contributed by atoms with Gasteiger partial charge in [-0.3, -0.25) is 0 Å². The van der Waals surface area contributed by atoms with Crippen molar-refractivity contribution in [2.24, 2.45) is 0 Å². The molecule has 0 bridgehead atoms. The van der Waals surface area contributed by atoms with Crippen LogP contribution in [-0.2, 0) is 5.41 Å². The van der Waals surface area contributed by atoms with Crippen LogP contribution in [0.15, 0.2) is 174 Å². The predicted octanol–water partition coefficient (Wildman–Crippen LogP) is 16.2. The third-order valence-electron chi connectivity index (χ3n) is 13.0. The summed E-state index contributed by atoms with van der Waals surface area (Å²) in [6.07, 6.45) is 0. The van der Waals surface area contributed by atoms with Crippen LogP contribution in [0.3, 0.4) is 0 Å². The summed E-state index contributed by atoms with van der Waals surface area (Å²) in [7, 11) is 0. The predicted molar refractivity (Wildman–Crippen MR) is 245 cm³/mol. The van der Waals surface area contributed by atoms with Crippen molar-refractivity contribution in [3.05, 3.63) is 181 Å². The van der Waals surface area contributed by atoms with Crippen LogP contribution in [0, 0.1) is 0 Å². The summed E-state index contributed by atoms with van der Waals surface area (Å²) in [6.45, 7) is 4.72. The van der Waals surface area contributed by atoms with E-state index in [-0.39, 0.29) is 5.41 Å². The molecular weight excluding hydrogens is 709 g/mol. The van der Waals surface area contributed by atoms with Gasteiger partial charge in [-0.25, -0.2) is 0 Å². The zero-order valence-corrected chi connectivity index (χ0v) is 32.3. The summed E-state index contributed by atoms with van der Waals surface area (Å²) in [5.74, 6) is 0. The zero-order chi connectivity index (χ0) is 37.6. The van der Waals surface area contributed by atoms with E-state index < -0.39 is 0 Å². The minimum atomic E-state index is -0.0545. The quantitative estimate of drug-likeness (QED) is 0.161. The molecule has 0 unspecified atom stereocenters. The van der Waals surface area contributed by atoms with Crippen LogP contribution < -0.4 is 0 Å². The first-order valence-corrected chi connectivity index (χ1v) is 20.6. The van der Waals surface area contributed by atoms with E-state index in [0.717, 1.165) is 21.9 Å². The molecule has 0 radical (unpaired) electrons. The normalized spacial score (nSPS) is 13.6. The number of rotatable bonds is 2. The van der Waals surface area contributed by atoms with Crippen molar-refractivity contribution in [3.63, 3.8) is 0 Å². The standard InChI is InChI=1S/C55H34OS/c1-55(2)46-22-17-33(30-45(46)52-36-10-4-3-9-31(36)16-23-47(52)55)35-19-25-49-44(29-35)43-28-34(18-24-48(43)56-49)32-15-20-40-42(27-32)38-12-6-5-11-37(38)39-21-26-51-54(53(39)40)41-13-7-8-14-50(41)57-51/h3-30H,1-2H3. The van der Waals surface area contributed by atoms with Crippen molar-refractivity contribution in [3.8, 4) is 33.4 Å². The number of fused-ring (bicyclic) bond motifs is 18. The number of hydrogen-bond donors (Lipinski definition) is 0. The van der Waals surface area contributed by atoms with Crippen molar-refractivity contribution < 1.29 is 4.42 Å². The first-order valence-electron chi connectivity index (χ1n) is 19.8. The van der Waals surface area contributed by atoms with Gasteiger partial charge in [0.05, 0.1) is 0 Å². The van der Waals surface area contributed by atoms with Gasteiger partial charge in [-0.2, -0.15) is 0 Å². The van der Waals surface area contributed by atoms with Crippen LogP contribution in [0.2, 0.25) is 0 Å². The summed E-state index contributed by atoms with van der Waals surface area (Å²) in [5, 5.41) is 15.4. The van der Waals surface area contributed by atoms with E-state index in [1.54, 1.807) is 0 Å². The molecule has 0 saturated carbocycles. The van der Waals surface area contributed by atoms with Crippen LogP contribution in [-0.4, -0.2) is 0 Å². The van der Waals surface area contributed by atoms with Gasteiger partial charge >= 0.3 is 0 Å². The molecule has 0 spiro atoms. The van der Waals surface area contributed by atoms with Gasteiger partial charge in [-0.05, 0) is 136 Å². The Morgan fingerprint density at radius 3 is 1.72 bits per heavy atom. The summed E-state index contributed by atoms with van der Waals surface area (Å²) in [5.41, 5.74) is 12.1. The first-order chi connectivity index (χ1) is 28.0. The Hall–Kier alpha value is -6.74. The maximum atomic E-state index is 6.48. The number of hydrogen-bond acceptors (Lipinski definition) is 2. The maximum Gasteiger partial charge on any atom is 0.135 e.